The van der Waals surface area contributed by atoms with Crippen LogP contribution in [0.25, 0.3) is 11.1 Å². The van der Waals surface area contributed by atoms with Crippen LogP contribution in [0.4, 0.5) is 4.79 Å². The van der Waals surface area contributed by atoms with Crippen LogP contribution in [0.15, 0.2) is 78.9 Å². The molecule has 202 valence electrons. The van der Waals surface area contributed by atoms with Gasteiger partial charge in [-0.25, -0.2) is 9.59 Å². The number of aliphatic carboxylic acids is 1. The fraction of sp³-hybridized carbons (Fsp3) is 0.267. The Morgan fingerprint density at radius 3 is 1.97 bits per heavy atom. The summed E-state index contributed by atoms with van der Waals surface area (Å²) in [4.78, 5) is 49.7. The third-order valence-electron chi connectivity index (χ3n) is 6.59. The number of hydrogen-bond acceptors (Lipinski definition) is 6. The monoisotopic (exact) mass is 530 g/mol. The molecule has 9 nitrogen and oxygen atoms in total. The van der Waals surface area contributed by atoms with Crippen LogP contribution in [0, 0.1) is 0 Å². The molecule has 9 heteroatoms. The van der Waals surface area contributed by atoms with Gasteiger partial charge in [-0.2, -0.15) is 0 Å². The van der Waals surface area contributed by atoms with Crippen molar-refractivity contribution in [2.24, 2.45) is 0 Å². The minimum Gasteiger partial charge on any atom is -0.480 e. The lowest BCUT2D eigenvalue weighted by Gasteiger charge is -2.21. The van der Waals surface area contributed by atoms with Crippen LogP contribution in [0.5, 0.6) is 0 Å². The Kier molecular flexibility index (Phi) is 8.94. The van der Waals surface area contributed by atoms with Crippen LogP contribution >= 0.6 is 0 Å². The van der Waals surface area contributed by atoms with Crippen molar-refractivity contribution >= 4 is 23.9 Å². The number of ether oxygens (including phenoxy) is 2. The number of rotatable bonds is 11. The second-order valence-electron chi connectivity index (χ2n) is 9.18. The van der Waals surface area contributed by atoms with Crippen LogP contribution in [-0.4, -0.2) is 47.7 Å². The molecule has 0 bridgehead atoms. The fourth-order valence-corrected chi connectivity index (χ4v) is 4.57. The lowest BCUT2D eigenvalue weighted by atomic mass is 9.98. The van der Waals surface area contributed by atoms with Crippen LogP contribution in [-0.2, 0) is 30.5 Å². The maximum atomic E-state index is 12.9. The summed E-state index contributed by atoms with van der Waals surface area (Å²) in [6.45, 7) is 1.60. The normalized spacial score (nSPS) is 13.4. The molecule has 0 saturated carbocycles. The zero-order valence-electron chi connectivity index (χ0n) is 21.5. The zero-order valence-corrected chi connectivity index (χ0v) is 21.5. The van der Waals surface area contributed by atoms with Gasteiger partial charge in [-0.05, 0) is 34.2 Å². The standard InChI is InChI=1S/C30H30N2O7/c1-2-25(29(35)36)31-28(34)26(16-27(33)38-17-19-10-4-3-5-11-19)32-30(37)39-18-24-22-14-8-6-12-20(22)21-13-7-9-15-23(21)24/h3-15,24-26H,2,16-18H2,1H3,(H,31,34)(H,32,37)(H,35,36)/t25?,26-/m0/s1. The van der Waals surface area contributed by atoms with Gasteiger partial charge in [0.15, 0.2) is 0 Å². The van der Waals surface area contributed by atoms with E-state index in [0.717, 1.165) is 27.8 Å². The largest absolute Gasteiger partial charge is 0.480 e. The molecule has 2 amide bonds. The Morgan fingerprint density at radius 2 is 1.38 bits per heavy atom. The van der Waals surface area contributed by atoms with E-state index in [9.17, 15) is 24.3 Å². The number of nitrogens with one attached hydrogen (secondary N) is 2. The topological polar surface area (TPSA) is 131 Å². The van der Waals surface area contributed by atoms with Gasteiger partial charge in [0, 0.05) is 5.92 Å². The van der Waals surface area contributed by atoms with Crippen molar-refractivity contribution in [1.82, 2.24) is 10.6 Å². The molecule has 2 atom stereocenters. The number of carbonyl (C=O) groups is 4. The number of amides is 2. The van der Waals surface area contributed by atoms with Gasteiger partial charge in [-0.1, -0.05) is 85.8 Å². The van der Waals surface area contributed by atoms with E-state index in [1.165, 1.54) is 0 Å². The number of carboxylic acids is 1. The van der Waals surface area contributed by atoms with Gasteiger partial charge in [-0.3, -0.25) is 9.59 Å². The first kappa shape index (κ1) is 27.4. The van der Waals surface area contributed by atoms with E-state index in [-0.39, 0.29) is 25.6 Å². The molecule has 0 heterocycles. The summed E-state index contributed by atoms with van der Waals surface area (Å²) in [5.41, 5.74) is 4.95. The van der Waals surface area contributed by atoms with Gasteiger partial charge in [0.05, 0.1) is 6.42 Å². The van der Waals surface area contributed by atoms with Crippen LogP contribution in [0.2, 0.25) is 0 Å². The quantitative estimate of drug-likeness (QED) is 0.319. The van der Waals surface area contributed by atoms with Gasteiger partial charge in [-0.15, -0.1) is 0 Å². The van der Waals surface area contributed by atoms with Crippen molar-refractivity contribution in [1.29, 1.82) is 0 Å². The number of benzene rings is 3. The van der Waals surface area contributed by atoms with E-state index >= 15 is 0 Å². The number of alkyl carbamates (subject to hydrolysis) is 1. The first-order chi connectivity index (χ1) is 18.9. The Labute approximate surface area is 226 Å². The summed E-state index contributed by atoms with van der Waals surface area (Å²) >= 11 is 0. The van der Waals surface area contributed by atoms with Crippen molar-refractivity contribution in [2.45, 2.75) is 44.4 Å². The average molecular weight is 531 g/mol. The molecule has 0 saturated heterocycles. The van der Waals surface area contributed by atoms with Crippen molar-refractivity contribution in [2.75, 3.05) is 6.61 Å². The highest BCUT2D eigenvalue weighted by Gasteiger charge is 2.31. The van der Waals surface area contributed by atoms with Crippen LogP contribution < -0.4 is 10.6 Å². The molecule has 3 N–H and O–H groups in total. The molecule has 0 fully saturated rings. The smallest absolute Gasteiger partial charge is 0.407 e. The first-order valence-corrected chi connectivity index (χ1v) is 12.7. The predicted molar refractivity (Wildman–Crippen MR) is 143 cm³/mol. The lowest BCUT2D eigenvalue weighted by Crippen LogP contribution is -2.52. The van der Waals surface area contributed by atoms with E-state index in [1.54, 1.807) is 31.2 Å². The summed E-state index contributed by atoms with van der Waals surface area (Å²) in [6.07, 6.45) is -1.29. The molecule has 39 heavy (non-hydrogen) atoms. The van der Waals surface area contributed by atoms with E-state index < -0.39 is 42.4 Å². The second-order valence-corrected chi connectivity index (χ2v) is 9.18. The minimum atomic E-state index is -1.39. The zero-order chi connectivity index (χ0) is 27.8. The molecule has 4 rings (SSSR count). The summed E-state index contributed by atoms with van der Waals surface area (Å²) in [5, 5.41) is 14.1. The number of hydrogen-bond donors (Lipinski definition) is 3. The number of carbonyl (C=O) groups excluding carboxylic acids is 3. The second kappa shape index (κ2) is 12.7. The minimum absolute atomic E-state index is 0.00827. The van der Waals surface area contributed by atoms with Crippen molar-refractivity contribution in [3.05, 3.63) is 95.6 Å². The third-order valence-corrected chi connectivity index (χ3v) is 6.59. The first-order valence-electron chi connectivity index (χ1n) is 12.7. The van der Waals surface area contributed by atoms with Gasteiger partial charge < -0.3 is 25.2 Å². The maximum Gasteiger partial charge on any atom is 0.407 e. The summed E-state index contributed by atoms with van der Waals surface area (Å²) in [7, 11) is 0. The van der Waals surface area contributed by atoms with Crippen LogP contribution in [0.1, 0.15) is 42.4 Å². The molecule has 0 aromatic heterocycles. The molecule has 0 spiro atoms. The van der Waals surface area contributed by atoms with E-state index in [4.69, 9.17) is 9.47 Å². The lowest BCUT2D eigenvalue weighted by molar-refractivity contribution is -0.147. The van der Waals surface area contributed by atoms with E-state index in [0.29, 0.717) is 0 Å². The number of esters is 1. The SMILES string of the molecule is CCC(NC(=O)[C@H](CC(=O)OCc1ccccc1)NC(=O)OCC1c2ccccc2-c2ccccc21)C(=O)O. The highest BCUT2D eigenvalue weighted by molar-refractivity contribution is 5.92. The molecule has 3 aromatic carbocycles. The highest BCUT2D eigenvalue weighted by atomic mass is 16.5. The third kappa shape index (κ3) is 6.81. The predicted octanol–water partition coefficient (Wildman–Crippen LogP) is 4.01. The Morgan fingerprint density at radius 1 is 0.795 bits per heavy atom. The molecular formula is C30H30N2O7. The van der Waals surface area contributed by atoms with Gasteiger partial charge in [0.1, 0.15) is 25.3 Å². The van der Waals surface area contributed by atoms with Gasteiger partial charge in [0.2, 0.25) is 5.91 Å². The summed E-state index contributed by atoms with van der Waals surface area (Å²) in [5.74, 6) is -2.98. The molecule has 1 unspecified atom stereocenters. The summed E-state index contributed by atoms with van der Waals surface area (Å²) < 4.78 is 10.8. The summed E-state index contributed by atoms with van der Waals surface area (Å²) in [6, 6.07) is 22.2. The maximum absolute atomic E-state index is 12.9. The van der Waals surface area contributed by atoms with Gasteiger partial charge in [0.25, 0.3) is 0 Å². The van der Waals surface area contributed by atoms with Crippen molar-refractivity contribution in [3.63, 3.8) is 0 Å². The molecular weight excluding hydrogens is 500 g/mol. The molecule has 1 aliphatic rings. The molecule has 3 aromatic rings. The highest BCUT2D eigenvalue weighted by Crippen LogP contribution is 2.44. The Hall–Kier alpha value is -4.66. The van der Waals surface area contributed by atoms with E-state index in [1.807, 2.05) is 54.6 Å². The fourth-order valence-electron chi connectivity index (χ4n) is 4.57. The molecule has 1 aliphatic carbocycles. The molecule has 0 aliphatic heterocycles. The number of fused-ring (bicyclic) bond motifs is 3. The average Bonchev–Trinajstić information content (AvgIpc) is 3.27. The molecule has 0 radical (unpaired) electrons. The van der Waals surface area contributed by atoms with E-state index in [2.05, 4.69) is 10.6 Å². The van der Waals surface area contributed by atoms with Crippen LogP contribution in [0.3, 0.4) is 0 Å². The Balaban J connectivity index is 1.42. The van der Waals surface area contributed by atoms with Crippen molar-refractivity contribution < 1.29 is 33.8 Å². The number of carboxylic acid groups (broad SMARTS) is 1. The van der Waals surface area contributed by atoms with Gasteiger partial charge >= 0.3 is 18.0 Å². The Bertz CT molecular complexity index is 1300. The van der Waals surface area contributed by atoms with Crippen molar-refractivity contribution in [3.8, 4) is 11.1 Å².